The van der Waals surface area contributed by atoms with E-state index in [-0.39, 0.29) is 0 Å². The van der Waals surface area contributed by atoms with Crippen molar-refractivity contribution in [3.8, 4) is 6.07 Å². The Hall–Kier alpha value is -1.51. The first-order valence-electron chi connectivity index (χ1n) is 6.80. The molecule has 1 heterocycles. The smallest absolute Gasteiger partial charge is 0.169 e. The van der Waals surface area contributed by atoms with Gasteiger partial charge < -0.3 is 9.30 Å². The summed E-state index contributed by atoms with van der Waals surface area (Å²) in [7, 11) is 1.72. The number of nitrogens with zero attached hydrogens (tertiary/aromatic N) is 3. The van der Waals surface area contributed by atoms with E-state index in [9.17, 15) is 0 Å². The molecule has 0 unspecified atom stereocenters. The molecule has 1 aromatic carbocycles. The van der Waals surface area contributed by atoms with E-state index in [0.29, 0.717) is 13.0 Å². The fourth-order valence-electron chi connectivity index (χ4n) is 2.03. The van der Waals surface area contributed by atoms with E-state index >= 15 is 0 Å². The topological polar surface area (TPSA) is 50.8 Å². The van der Waals surface area contributed by atoms with Gasteiger partial charge in [0.05, 0.1) is 23.7 Å². The Morgan fingerprint density at radius 3 is 3.00 bits per heavy atom. The van der Waals surface area contributed by atoms with E-state index in [1.165, 1.54) is 0 Å². The van der Waals surface area contributed by atoms with Gasteiger partial charge in [0.15, 0.2) is 5.16 Å². The second-order valence-electron chi connectivity index (χ2n) is 4.49. The SMILES string of the molecule is COCCn1c(SCCCCC#N)nc2ccccc21. The highest BCUT2D eigenvalue weighted by Gasteiger charge is 2.10. The number of benzene rings is 1. The van der Waals surface area contributed by atoms with Crippen molar-refractivity contribution in [3.63, 3.8) is 0 Å². The Kier molecular flexibility index (Phi) is 5.90. The predicted molar refractivity (Wildman–Crippen MR) is 81.8 cm³/mol. The molecule has 5 heteroatoms. The molecule has 0 N–H and O–H groups in total. The number of hydrogen-bond donors (Lipinski definition) is 0. The zero-order valence-corrected chi connectivity index (χ0v) is 12.5. The summed E-state index contributed by atoms with van der Waals surface area (Å²) >= 11 is 1.76. The lowest BCUT2D eigenvalue weighted by Gasteiger charge is -2.07. The fourth-order valence-corrected chi connectivity index (χ4v) is 3.07. The van der Waals surface area contributed by atoms with Crippen LogP contribution in [0.5, 0.6) is 0 Å². The van der Waals surface area contributed by atoms with Crippen LogP contribution in [0, 0.1) is 11.3 Å². The lowest BCUT2D eigenvalue weighted by atomic mass is 10.3. The fraction of sp³-hybridized carbons (Fsp3) is 0.467. The quantitative estimate of drug-likeness (QED) is 0.551. The molecule has 106 valence electrons. The Balaban J connectivity index is 2.08. The van der Waals surface area contributed by atoms with Crippen LogP contribution in [-0.2, 0) is 11.3 Å². The number of methoxy groups -OCH3 is 1. The summed E-state index contributed by atoms with van der Waals surface area (Å²) in [6, 6.07) is 10.4. The van der Waals surface area contributed by atoms with Crippen molar-refractivity contribution in [3.05, 3.63) is 24.3 Å². The molecule has 20 heavy (non-hydrogen) atoms. The normalized spacial score (nSPS) is 10.8. The number of hydrogen-bond acceptors (Lipinski definition) is 4. The van der Waals surface area contributed by atoms with E-state index < -0.39 is 0 Å². The molecule has 0 spiro atoms. The molecule has 0 saturated carbocycles. The summed E-state index contributed by atoms with van der Waals surface area (Å²) < 4.78 is 7.40. The molecule has 0 fully saturated rings. The van der Waals surface area contributed by atoms with E-state index in [1.807, 2.05) is 18.2 Å². The number of nitriles is 1. The number of imidazole rings is 1. The molecular formula is C15H19N3OS. The monoisotopic (exact) mass is 289 g/mol. The van der Waals surface area contributed by atoms with Crippen molar-refractivity contribution < 1.29 is 4.74 Å². The number of para-hydroxylation sites is 2. The highest BCUT2D eigenvalue weighted by molar-refractivity contribution is 7.99. The highest BCUT2D eigenvalue weighted by atomic mass is 32.2. The molecule has 0 aliphatic rings. The molecule has 0 radical (unpaired) electrons. The van der Waals surface area contributed by atoms with Gasteiger partial charge in [-0.25, -0.2) is 4.98 Å². The van der Waals surface area contributed by atoms with Crippen molar-refractivity contribution in [2.45, 2.75) is 31.0 Å². The van der Waals surface area contributed by atoms with Gasteiger partial charge in [-0.2, -0.15) is 5.26 Å². The summed E-state index contributed by atoms with van der Waals surface area (Å²) in [6.45, 7) is 1.50. The van der Waals surface area contributed by atoms with E-state index in [2.05, 4.69) is 21.7 Å². The van der Waals surface area contributed by atoms with E-state index in [0.717, 1.165) is 41.3 Å². The predicted octanol–water partition coefficient (Wildman–Crippen LogP) is 3.47. The van der Waals surface area contributed by atoms with Gasteiger partial charge in [0.1, 0.15) is 0 Å². The molecule has 1 aromatic heterocycles. The van der Waals surface area contributed by atoms with Gasteiger partial charge in [0, 0.05) is 25.8 Å². The van der Waals surface area contributed by atoms with Crippen LogP contribution in [0.1, 0.15) is 19.3 Å². The molecule has 0 saturated heterocycles. The maximum atomic E-state index is 8.53. The van der Waals surface area contributed by atoms with Gasteiger partial charge in [0.25, 0.3) is 0 Å². The Labute approximate surface area is 123 Å². The first-order valence-corrected chi connectivity index (χ1v) is 7.79. The number of ether oxygens (including phenoxy) is 1. The van der Waals surface area contributed by atoms with Gasteiger partial charge >= 0.3 is 0 Å². The molecule has 2 aromatic rings. The van der Waals surface area contributed by atoms with Gasteiger partial charge in [-0.15, -0.1) is 0 Å². The molecule has 0 atom stereocenters. The summed E-state index contributed by atoms with van der Waals surface area (Å²) in [5.41, 5.74) is 2.19. The van der Waals surface area contributed by atoms with Gasteiger partial charge in [0.2, 0.25) is 0 Å². The molecular weight excluding hydrogens is 270 g/mol. The van der Waals surface area contributed by atoms with Gasteiger partial charge in [-0.3, -0.25) is 0 Å². The zero-order chi connectivity index (χ0) is 14.2. The summed E-state index contributed by atoms with van der Waals surface area (Å²) in [5.74, 6) is 0.998. The van der Waals surface area contributed by atoms with Crippen molar-refractivity contribution in [2.24, 2.45) is 0 Å². The Morgan fingerprint density at radius 2 is 2.20 bits per heavy atom. The van der Waals surface area contributed by atoms with Crippen LogP contribution < -0.4 is 0 Å². The van der Waals surface area contributed by atoms with Crippen LogP contribution in [0.4, 0.5) is 0 Å². The summed E-state index contributed by atoms with van der Waals surface area (Å²) in [4.78, 5) is 4.69. The van der Waals surface area contributed by atoms with Gasteiger partial charge in [-0.05, 0) is 25.0 Å². The molecule has 0 bridgehead atoms. The second-order valence-corrected chi connectivity index (χ2v) is 5.55. The van der Waals surface area contributed by atoms with Crippen molar-refractivity contribution in [2.75, 3.05) is 19.5 Å². The molecule has 2 rings (SSSR count). The number of unbranched alkanes of at least 4 members (excludes halogenated alkanes) is 2. The average molecular weight is 289 g/mol. The zero-order valence-electron chi connectivity index (χ0n) is 11.7. The summed E-state index contributed by atoms with van der Waals surface area (Å²) in [6.07, 6.45) is 2.65. The van der Waals surface area contributed by atoms with Crippen LogP contribution in [-0.4, -0.2) is 29.0 Å². The standard InChI is InChI=1S/C15H19N3OS/c1-19-11-10-18-14-8-4-3-7-13(14)17-15(18)20-12-6-2-5-9-16/h3-4,7-8H,2,5-6,10-12H2,1H3. The van der Waals surface area contributed by atoms with Crippen molar-refractivity contribution >= 4 is 22.8 Å². The highest BCUT2D eigenvalue weighted by Crippen LogP contribution is 2.24. The van der Waals surface area contributed by atoms with Crippen molar-refractivity contribution in [1.29, 1.82) is 5.26 Å². The van der Waals surface area contributed by atoms with Crippen LogP contribution in [0.25, 0.3) is 11.0 Å². The third kappa shape index (κ3) is 3.75. The van der Waals surface area contributed by atoms with E-state index in [1.54, 1.807) is 18.9 Å². The second kappa shape index (κ2) is 7.93. The Morgan fingerprint density at radius 1 is 1.35 bits per heavy atom. The van der Waals surface area contributed by atoms with Crippen LogP contribution in [0.3, 0.4) is 0 Å². The largest absolute Gasteiger partial charge is 0.383 e. The average Bonchev–Trinajstić information content (AvgIpc) is 2.82. The van der Waals surface area contributed by atoms with Crippen molar-refractivity contribution in [1.82, 2.24) is 9.55 Å². The minimum Gasteiger partial charge on any atom is -0.383 e. The maximum Gasteiger partial charge on any atom is 0.169 e. The maximum absolute atomic E-state index is 8.53. The third-order valence-corrected chi connectivity index (χ3v) is 4.12. The van der Waals surface area contributed by atoms with Crippen LogP contribution >= 0.6 is 11.8 Å². The number of aromatic nitrogens is 2. The lowest BCUT2D eigenvalue weighted by Crippen LogP contribution is -2.05. The molecule has 4 nitrogen and oxygen atoms in total. The number of rotatable bonds is 8. The number of fused-ring (bicyclic) bond motifs is 1. The van der Waals surface area contributed by atoms with Gasteiger partial charge in [-0.1, -0.05) is 23.9 Å². The summed E-state index contributed by atoms with van der Waals surface area (Å²) in [5, 5.41) is 9.57. The minimum atomic E-state index is 0.640. The number of thioether (sulfide) groups is 1. The lowest BCUT2D eigenvalue weighted by molar-refractivity contribution is 0.186. The van der Waals surface area contributed by atoms with E-state index in [4.69, 9.17) is 10.00 Å². The first kappa shape index (κ1) is 14.9. The molecule has 0 amide bonds. The van der Waals surface area contributed by atoms with Crippen LogP contribution in [0.15, 0.2) is 29.4 Å². The third-order valence-electron chi connectivity index (χ3n) is 3.05. The molecule has 0 aliphatic carbocycles. The first-order chi connectivity index (χ1) is 9.86. The Bertz CT molecular complexity index is 588. The molecule has 0 aliphatic heterocycles. The van der Waals surface area contributed by atoms with Crippen LogP contribution in [0.2, 0.25) is 0 Å². The minimum absolute atomic E-state index is 0.640.